The van der Waals surface area contributed by atoms with Crippen LogP contribution in [-0.2, 0) is 6.54 Å². The van der Waals surface area contributed by atoms with Crippen LogP contribution in [0.2, 0.25) is 5.02 Å². The molecular weight excluding hydrogens is 213 g/mol. The van der Waals surface area contributed by atoms with Gasteiger partial charge in [0.1, 0.15) is 5.82 Å². The van der Waals surface area contributed by atoms with Crippen molar-refractivity contribution < 1.29 is 4.39 Å². The second-order valence-corrected chi connectivity index (χ2v) is 3.57. The molecule has 0 heterocycles. The minimum atomic E-state index is -0.298. The summed E-state index contributed by atoms with van der Waals surface area (Å²) >= 11 is 5.72. The lowest BCUT2D eigenvalue weighted by molar-refractivity contribution is 0.621. The van der Waals surface area contributed by atoms with Gasteiger partial charge in [-0.25, -0.2) is 4.39 Å². The molecule has 0 saturated heterocycles. The Balaban J connectivity index is 2.39. The first-order valence-corrected chi connectivity index (χ1v) is 5.15. The SMILES string of the molecule is CC#CCCNCc1cc(F)cc(Cl)c1. The zero-order chi connectivity index (χ0) is 11.1. The third-order valence-corrected chi connectivity index (χ3v) is 2.07. The smallest absolute Gasteiger partial charge is 0.125 e. The quantitative estimate of drug-likeness (QED) is 0.614. The first-order chi connectivity index (χ1) is 7.22. The van der Waals surface area contributed by atoms with Gasteiger partial charge in [0.2, 0.25) is 0 Å². The fourth-order valence-electron chi connectivity index (χ4n) is 1.22. The van der Waals surface area contributed by atoms with Crippen LogP contribution in [0, 0.1) is 17.7 Å². The van der Waals surface area contributed by atoms with Crippen molar-refractivity contribution >= 4 is 11.6 Å². The number of halogens is 2. The molecule has 0 unspecified atom stereocenters. The second-order valence-electron chi connectivity index (χ2n) is 3.13. The van der Waals surface area contributed by atoms with Crippen molar-refractivity contribution in [3.05, 3.63) is 34.6 Å². The van der Waals surface area contributed by atoms with Gasteiger partial charge in [-0.3, -0.25) is 0 Å². The second kappa shape index (κ2) is 6.44. The maximum absolute atomic E-state index is 12.9. The Morgan fingerprint density at radius 2 is 2.20 bits per heavy atom. The lowest BCUT2D eigenvalue weighted by Gasteiger charge is -2.03. The molecule has 0 aromatic heterocycles. The number of hydrogen-bond acceptors (Lipinski definition) is 1. The fourth-order valence-corrected chi connectivity index (χ4v) is 1.47. The number of rotatable bonds is 4. The average molecular weight is 226 g/mol. The molecule has 1 N–H and O–H groups in total. The summed E-state index contributed by atoms with van der Waals surface area (Å²) in [5, 5.41) is 3.59. The van der Waals surface area contributed by atoms with Crippen molar-refractivity contribution in [3.8, 4) is 11.8 Å². The van der Waals surface area contributed by atoms with E-state index in [-0.39, 0.29) is 5.82 Å². The van der Waals surface area contributed by atoms with Crippen molar-refractivity contribution in [2.45, 2.75) is 19.9 Å². The summed E-state index contributed by atoms with van der Waals surface area (Å²) in [7, 11) is 0. The van der Waals surface area contributed by atoms with Gasteiger partial charge in [-0.15, -0.1) is 11.8 Å². The summed E-state index contributed by atoms with van der Waals surface area (Å²) in [5.74, 6) is 5.46. The standard InChI is InChI=1S/C12H13ClFN/c1-2-3-4-5-15-9-10-6-11(13)8-12(14)7-10/h6-8,15H,4-5,9H2,1H3. The number of benzene rings is 1. The summed E-state index contributed by atoms with van der Waals surface area (Å²) in [5.41, 5.74) is 0.851. The fraction of sp³-hybridized carbons (Fsp3) is 0.333. The van der Waals surface area contributed by atoms with Crippen molar-refractivity contribution in [3.63, 3.8) is 0 Å². The summed E-state index contributed by atoms with van der Waals surface area (Å²) in [6.07, 6.45) is 0.805. The third kappa shape index (κ3) is 4.83. The summed E-state index contributed by atoms with van der Waals surface area (Å²) in [6.45, 7) is 3.23. The van der Waals surface area contributed by atoms with E-state index in [1.807, 2.05) is 6.92 Å². The topological polar surface area (TPSA) is 12.0 Å². The van der Waals surface area contributed by atoms with Crippen LogP contribution in [0.15, 0.2) is 18.2 Å². The Bertz CT molecular complexity index is 359. The van der Waals surface area contributed by atoms with Gasteiger partial charge < -0.3 is 5.32 Å². The molecule has 0 saturated carbocycles. The van der Waals surface area contributed by atoms with Gasteiger partial charge in [0.05, 0.1) is 0 Å². The van der Waals surface area contributed by atoms with Gasteiger partial charge >= 0.3 is 0 Å². The molecule has 0 spiro atoms. The zero-order valence-corrected chi connectivity index (χ0v) is 9.37. The molecule has 1 rings (SSSR count). The first kappa shape index (κ1) is 12.0. The normalized spacial score (nSPS) is 9.53. The minimum absolute atomic E-state index is 0.298. The van der Waals surface area contributed by atoms with Crippen LogP contribution in [-0.4, -0.2) is 6.54 Å². The maximum Gasteiger partial charge on any atom is 0.125 e. The van der Waals surface area contributed by atoms with Crippen LogP contribution in [0.4, 0.5) is 4.39 Å². The monoisotopic (exact) mass is 225 g/mol. The van der Waals surface area contributed by atoms with Crippen LogP contribution < -0.4 is 5.32 Å². The highest BCUT2D eigenvalue weighted by Gasteiger charge is 1.98. The van der Waals surface area contributed by atoms with Gasteiger partial charge in [-0.1, -0.05) is 11.6 Å². The Morgan fingerprint density at radius 1 is 1.40 bits per heavy atom. The number of hydrogen-bond donors (Lipinski definition) is 1. The average Bonchev–Trinajstić information content (AvgIpc) is 2.16. The van der Waals surface area contributed by atoms with Crippen LogP contribution in [0.1, 0.15) is 18.9 Å². The minimum Gasteiger partial charge on any atom is -0.312 e. The van der Waals surface area contributed by atoms with E-state index < -0.39 is 0 Å². The zero-order valence-electron chi connectivity index (χ0n) is 8.61. The number of nitrogens with one attached hydrogen (secondary N) is 1. The molecule has 1 aromatic carbocycles. The molecule has 0 aliphatic rings. The Kier molecular flexibility index (Phi) is 5.17. The van der Waals surface area contributed by atoms with Crippen LogP contribution in [0.25, 0.3) is 0 Å². The van der Waals surface area contributed by atoms with E-state index in [2.05, 4.69) is 17.2 Å². The molecule has 1 aromatic rings. The lowest BCUT2D eigenvalue weighted by atomic mass is 10.2. The Hall–Kier alpha value is -1.04. The molecule has 0 bridgehead atoms. The summed E-state index contributed by atoms with van der Waals surface area (Å²) in [6, 6.07) is 4.53. The largest absolute Gasteiger partial charge is 0.312 e. The highest BCUT2D eigenvalue weighted by Crippen LogP contribution is 2.13. The van der Waals surface area contributed by atoms with E-state index >= 15 is 0 Å². The molecule has 0 aliphatic heterocycles. The van der Waals surface area contributed by atoms with Crippen molar-refractivity contribution in [1.82, 2.24) is 5.32 Å². The van der Waals surface area contributed by atoms with Crippen LogP contribution in [0.3, 0.4) is 0 Å². The molecule has 0 fully saturated rings. The van der Waals surface area contributed by atoms with Gasteiger partial charge in [0.25, 0.3) is 0 Å². The van der Waals surface area contributed by atoms with E-state index in [9.17, 15) is 4.39 Å². The van der Waals surface area contributed by atoms with Gasteiger partial charge in [-0.05, 0) is 30.7 Å². The van der Waals surface area contributed by atoms with Crippen molar-refractivity contribution in [2.24, 2.45) is 0 Å². The van der Waals surface area contributed by atoms with Gasteiger partial charge in [0, 0.05) is 24.5 Å². The predicted molar refractivity (Wildman–Crippen MR) is 61.2 cm³/mol. The molecule has 80 valence electrons. The van der Waals surface area contributed by atoms with Crippen molar-refractivity contribution in [1.29, 1.82) is 0 Å². The van der Waals surface area contributed by atoms with E-state index in [1.165, 1.54) is 12.1 Å². The molecule has 1 nitrogen and oxygen atoms in total. The van der Waals surface area contributed by atoms with E-state index in [0.29, 0.717) is 11.6 Å². The lowest BCUT2D eigenvalue weighted by Crippen LogP contribution is -2.14. The van der Waals surface area contributed by atoms with Crippen molar-refractivity contribution in [2.75, 3.05) is 6.54 Å². The van der Waals surface area contributed by atoms with Crippen LogP contribution >= 0.6 is 11.6 Å². The van der Waals surface area contributed by atoms with Gasteiger partial charge in [-0.2, -0.15) is 0 Å². The summed E-state index contributed by atoms with van der Waals surface area (Å²) < 4.78 is 12.9. The van der Waals surface area contributed by atoms with Crippen LogP contribution in [0.5, 0.6) is 0 Å². The molecule has 0 aliphatic carbocycles. The van der Waals surface area contributed by atoms with Gasteiger partial charge in [0.15, 0.2) is 0 Å². The molecule has 0 amide bonds. The van der Waals surface area contributed by atoms with E-state index in [0.717, 1.165) is 18.5 Å². The Labute approximate surface area is 94.6 Å². The first-order valence-electron chi connectivity index (χ1n) is 4.77. The molecule has 15 heavy (non-hydrogen) atoms. The highest BCUT2D eigenvalue weighted by atomic mass is 35.5. The predicted octanol–water partition coefficient (Wildman–Crippen LogP) is 2.98. The summed E-state index contributed by atoms with van der Waals surface area (Å²) in [4.78, 5) is 0. The molecule has 3 heteroatoms. The Morgan fingerprint density at radius 3 is 2.87 bits per heavy atom. The highest BCUT2D eigenvalue weighted by molar-refractivity contribution is 6.30. The van der Waals surface area contributed by atoms with E-state index in [4.69, 9.17) is 11.6 Å². The molecule has 0 radical (unpaired) electrons. The molecular formula is C12H13ClFN. The maximum atomic E-state index is 12.9. The molecule has 0 atom stereocenters. The van der Waals surface area contributed by atoms with E-state index in [1.54, 1.807) is 6.07 Å². The third-order valence-electron chi connectivity index (χ3n) is 1.86.